The second kappa shape index (κ2) is 10.8. The minimum Gasteiger partial charge on any atom is -0.496 e. The molecule has 0 aliphatic carbocycles. The first kappa shape index (κ1) is 26.8. The van der Waals surface area contributed by atoms with Gasteiger partial charge in [0.2, 0.25) is 5.91 Å². The Kier molecular flexibility index (Phi) is 7.20. The van der Waals surface area contributed by atoms with Gasteiger partial charge in [0.15, 0.2) is 0 Å². The van der Waals surface area contributed by atoms with Crippen LogP contribution in [0.4, 0.5) is 19.0 Å². The third-order valence-corrected chi connectivity index (χ3v) is 6.85. The van der Waals surface area contributed by atoms with E-state index in [4.69, 9.17) is 4.74 Å². The number of nitrogens with zero attached hydrogens (tertiary/aromatic N) is 4. The number of benzene rings is 2. The third kappa shape index (κ3) is 5.35. The van der Waals surface area contributed by atoms with Crippen LogP contribution in [0.2, 0.25) is 0 Å². The number of halogens is 3. The summed E-state index contributed by atoms with van der Waals surface area (Å²) in [4.78, 5) is 39.3. The van der Waals surface area contributed by atoms with Crippen molar-refractivity contribution in [2.45, 2.75) is 18.5 Å². The molecule has 1 N–H and O–H groups in total. The lowest BCUT2D eigenvalue weighted by Crippen LogP contribution is -2.26. The van der Waals surface area contributed by atoms with Gasteiger partial charge in [0.1, 0.15) is 17.9 Å². The number of likely N-dealkylation sites (tertiary alicyclic amines) is 1. The van der Waals surface area contributed by atoms with Crippen LogP contribution in [-0.2, 0) is 11.0 Å². The molecule has 2 amide bonds. The number of hydrogen-bond donors (Lipinski definition) is 1. The van der Waals surface area contributed by atoms with E-state index in [-0.39, 0.29) is 23.2 Å². The summed E-state index contributed by atoms with van der Waals surface area (Å²) in [5, 5.41) is 3.22. The van der Waals surface area contributed by atoms with Crippen molar-refractivity contribution < 1.29 is 27.5 Å². The first-order valence-electron chi connectivity index (χ1n) is 12.4. The normalized spacial score (nSPS) is 15.2. The number of alkyl halides is 3. The first-order valence-corrected chi connectivity index (χ1v) is 12.4. The summed E-state index contributed by atoms with van der Waals surface area (Å²) in [5.74, 6) is -0.530. The Morgan fingerprint density at radius 2 is 1.98 bits per heavy atom. The van der Waals surface area contributed by atoms with Crippen molar-refractivity contribution in [2.24, 2.45) is 0 Å². The topological polar surface area (TPSA) is 97.3 Å². The smallest absolute Gasteiger partial charge is 0.416 e. The molecule has 0 radical (unpaired) electrons. The summed E-state index contributed by atoms with van der Waals surface area (Å²) in [6.07, 6.45) is 1.70. The summed E-state index contributed by atoms with van der Waals surface area (Å²) >= 11 is 0. The van der Waals surface area contributed by atoms with E-state index in [1.807, 2.05) is 12.1 Å². The maximum absolute atomic E-state index is 13.0. The molecule has 40 heavy (non-hydrogen) atoms. The van der Waals surface area contributed by atoms with Crippen LogP contribution in [0.25, 0.3) is 22.0 Å². The van der Waals surface area contributed by atoms with Crippen molar-refractivity contribution >= 4 is 28.5 Å². The monoisotopic (exact) mass is 547 g/mol. The Morgan fingerprint density at radius 1 is 1.15 bits per heavy atom. The standard InChI is InChI=1S/C29H24F3N5O3/c1-3-26(38)37-9-7-18(15-37)23-11-19(10-20-14-33-16-35-27(20)23)22-5-4-17(12-24(22)40-2)28(39)36-25-13-21(6-8-34-25)29(30,31)32/h3-6,8,10-14,16,18H,1,7,9,15H2,2H3,(H,34,36,39). The van der Waals surface area contributed by atoms with E-state index in [0.29, 0.717) is 24.4 Å². The zero-order chi connectivity index (χ0) is 28.4. The molecule has 0 spiro atoms. The molecule has 5 rings (SSSR count). The molecule has 1 aliphatic heterocycles. The predicted octanol–water partition coefficient (Wildman–Crippen LogP) is 5.47. The van der Waals surface area contributed by atoms with Gasteiger partial charge in [-0.2, -0.15) is 13.2 Å². The highest BCUT2D eigenvalue weighted by molar-refractivity contribution is 6.04. The van der Waals surface area contributed by atoms with E-state index in [1.165, 1.54) is 25.6 Å². The van der Waals surface area contributed by atoms with E-state index < -0.39 is 17.6 Å². The van der Waals surface area contributed by atoms with Crippen LogP contribution in [0, 0.1) is 0 Å². The van der Waals surface area contributed by atoms with Gasteiger partial charge in [0.25, 0.3) is 5.91 Å². The maximum atomic E-state index is 13.0. The minimum atomic E-state index is -4.56. The molecule has 2 aromatic carbocycles. The van der Waals surface area contributed by atoms with Crippen LogP contribution in [0.3, 0.4) is 0 Å². The molecule has 1 unspecified atom stereocenters. The van der Waals surface area contributed by atoms with Gasteiger partial charge < -0.3 is 15.0 Å². The lowest BCUT2D eigenvalue weighted by atomic mass is 9.91. The number of fused-ring (bicyclic) bond motifs is 1. The fourth-order valence-corrected chi connectivity index (χ4v) is 4.88. The number of pyridine rings is 1. The molecule has 0 saturated carbocycles. The highest BCUT2D eigenvalue weighted by Crippen LogP contribution is 2.38. The van der Waals surface area contributed by atoms with Gasteiger partial charge in [-0.25, -0.2) is 15.0 Å². The van der Waals surface area contributed by atoms with Gasteiger partial charge in [-0.05, 0) is 66.1 Å². The molecule has 8 nitrogen and oxygen atoms in total. The molecule has 0 bridgehead atoms. The van der Waals surface area contributed by atoms with E-state index in [0.717, 1.165) is 46.8 Å². The van der Waals surface area contributed by atoms with Crippen LogP contribution >= 0.6 is 0 Å². The number of nitrogens with one attached hydrogen (secondary N) is 1. The average molecular weight is 548 g/mol. The minimum absolute atomic E-state index is 0.0530. The van der Waals surface area contributed by atoms with E-state index in [2.05, 4.69) is 26.8 Å². The molecule has 204 valence electrons. The maximum Gasteiger partial charge on any atom is 0.416 e. The summed E-state index contributed by atoms with van der Waals surface area (Å²) in [5.41, 5.74) is 2.52. The Morgan fingerprint density at radius 3 is 2.73 bits per heavy atom. The van der Waals surface area contributed by atoms with Gasteiger partial charge in [0.05, 0.1) is 18.2 Å². The second-order valence-electron chi connectivity index (χ2n) is 9.30. The highest BCUT2D eigenvalue weighted by atomic mass is 19.4. The predicted molar refractivity (Wildman–Crippen MR) is 143 cm³/mol. The van der Waals surface area contributed by atoms with Crippen molar-refractivity contribution in [1.82, 2.24) is 19.9 Å². The highest BCUT2D eigenvalue weighted by Gasteiger charge is 2.31. The summed E-state index contributed by atoms with van der Waals surface area (Å²) in [6.45, 7) is 4.73. The summed E-state index contributed by atoms with van der Waals surface area (Å²) in [6, 6.07) is 10.3. The summed E-state index contributed by atoms with van der Waals surface area (Å²) < 4.78 is 44.7. The Bertz CT molecular complexity index is 1620. The molecule has 11 heteroatoms. The summed E-state index contributed by atoms with van der Waals surface area (Å²) in [7, 11) is 1.47. The molecule has 1 aliphatic rings. The Hall–Kier alpha value is -4.80. The van der Waals surface area contributed by atoms with Crippen molar-refractivity contribution in [1.29, 1.82) is 0 Å². The fourth-order valence-electron chi connectivity index (χ4n) is 4.88. The number of ether oxygens (including phenoxy) is 1. The lowest BCUT2D eigenvalue weighted by Gasteiger charge is -2.18. The zero-order valence-electron chi connectivity index (χ0n) is 21.4. The lowest BCUT2D eigenvalue weighted by molar-refractivity contribution is -0.137. The van der Waals surface area contributed by atoms with E-state index in [1.54, 1.807) is 23.2 Å². The van der Waals surface area contributed by atoms with Crippen molar-refractivity contribution in [2.75, 3.05) is 25.5 Å². The fraction of sp³-hybridized carbons (Fsp3) is 0.207. The van der Waals surface area contributed by atoms with E-state index in [9.17, 15) is 22.8 Å². The molecule has 1 atom stereocenters. The molecule has 1 saturated heterocycles. The van der Waals surface area contributed by atoms with Crippen molar-refractivity contribution in [3.63, 3.8) is 0 Å². The number of anilines is 1. The van der Waals surface area contributed by atoms with Crippen molar-refractivity contribution in [3.8, 4) is 16.9 Å². The molecule has 4 aromatic rings. The number of rotatable bonds is 6. The molecule has 1 fully saturated rings. The van der Waals surface area contributed by atoms with Crippen molar-refractivity contribution in [3.05, 3.63) is 90.5 Å². The number of methoxy groups -OCH3 is 1. The Labute approximate surface area is 227 Å². The number of carbonyl (C=O) groups excluding carboxylic acids is 2. The molecule has 2 aromatic heterocycles. The zero-order valence-corrected chi connectivity index (χ0v) is 21.4. The number of carbonyl (C=O) groups is 2. The largest absolute Gasteiger partial charge is 0.496 e. The van der Waals surface area contributed by atoms with E-state index >= 15 is 0 Å². The second-order valence-corrected chi connectivity index (χ2v) is 9.30. The van der Waals surface area contributed by atoms with Gasteiger partial charge in [-0.1, -0.05) is 6.58 Å². The SMILES string of the molecule is C=CC(=O)N1CCC(c2cc(-c3ccc(C(=O)Nc4cc(C(F)(F)F)ccn4)cc3OC)cc3cncnc23)C1. The molecule has 3 heterocycles. The van der Waals surface area contributed by atoms with Gasteiger partial charge >= 0.3 is 6.18 Å². The van der Waals surface area contributed by atoms with Gasteiger partial charge in [0, 0.05) is 47.9 Å². The number of hydrogen-bond acceptors (Lipinski definition) is 6. The van der Waals surface area contributed by atoms with Gasteiger partial charge in [-0.15, -0.1) is 0 Å². The molecular weight excluding hydrogens is 523 g/mol. The molecular formula is C29H24F3N5O3. The van der Waals surface area contributed by atoms with Gasteiger partial charge in [-0.3, -0.25) is 9.59 Å². The van der Waals surface area contributed by atoms with Crippen LogP contribution in [-0.4, -0.2) is 51.9 Å². The Balaban J connectivity index is 1.47. The number of aromatic nitrogens is 3. The average Bonchev–Trinajstić information content (AvgIpc) is 3.46. The first-order chi connectivity index (χ1) is 19.2. The third-order valence-electron chi connectivity index (χ3n) is 6.85. The van der Waals surface area contributed by atoms with Crippen LogP contribution in [0.5, 0.6) is 5.75 Å². The van der Waals surface area contributed by atoms with Crippen LogP contribution in [0.15, 0.2) is 73.8 Å². The van der Waals surface area contributed by atoms with Crippen LogP contribution < -0.4 is 10.1 Å². The quantitative estimate of drug-likeness (QED) is 0.322. The van der Waals surface area contributed by atoms with Crippen LogP contribution in [0.1, 0.15) is 33.8 Å². The number of amides is 2.